The molecule has 1 saturated carbocycles. The average Bonchev–Trinajstić information content (AvgIpc) is 2.50. The van der Waals surface area contributed by atoms with Crippen LogP contribution in [0.1, 0.15) is 56.1 Å². The number of amides is 1. The third-order valence-electron chi connectivity index (χ3n) is 4.96. The molecule has 1 aromatic carbocycles. The fourth-order valence-corrected chi connectivity index (χ4v) is 3.30. The summed E-state index contributed by atoms with van der Waals surface area (Å²) in [6.07, 6.45) is 8.64. The van der Waals surface area contributed by atoms with Gasteiger partial charge in [0.1, 0.15) is 5.69 Å². The van der Waals surface area contributed by atoms with E-state index >= 15 is 0 Å². The molecule has 0 aliphatic heterocycles. The van der Waals surface area contributed by atoms with Crippen LogP contribution in [0.25, 0.3) is 0 Å². The summed E-state index contributed by atoms with van der Waals surface area (Å²) in [5.74, 6) is -0.172. The van der Waals surface area contributed by atoms with E-state index in [0.29, 0.717) is 18.3 Å². The lowest BCUT2D eigenvalue weighted by atomic mass is 9.97. The van der Waals surface area contributed by atoms with Crippen LogP contribution < -0.4 is 10.6 Å². The highest BCUT2D eigenvalue weighted by Gasteiger charge is 2.21. The Kier molecular flexibility index (Phi) is 6.73. The van der Waals surface area contributed by atoms with Gasteiger partial charge in [-0.2, -0.15) is 0 Å². The number of carbonyl (C=O) groups excluding carboxylic acids is 1. The standard InChI is InChI=1S/C18H27N3O3/c1-13-10-11-16(21(23)24)18(14(13)2)20-17(22)12-19-15-8-6-4-3-5-7-9-15/h10-11,15,19H,3-9,12H2,1-2H3,(H,20,22)/p+1. The predicted molar refractivity (Wildman–Crippen MR) is 94.1 cm³/mol. The van der Waals surface area contributed by atoms with Crippen LogP contribution in [0, 0.1) is 24.0 Å². The van der Waals surface area contributed by atoms with Crippen LogP contribution in [0.15, 0.2) is 12.1 Å². The zero-order valence-electron chi connectivity index (χ0n) is 14.6. The second-order valence-corrected chi connectivity index (χ2v) is 6.75. The van der Waals surface area contributed by atoms with Crippen LogP contribution in [0.3, 0.4) is 0 Å². The fourth-order valence-electron chi connectivity index (χ4n) is 3.30. The quantitative estimate of drug-likeness (QED) is 0.641. The maximum Gasteiger partial charge on any atom is 0.293 e. The van der Waals surface area contributed by atoms with Gasteiger partial charge in [0.2, 0.25) is 0 Å². The highest BCUT2D eigenvalue weighted by Crippen LogP contribution is 2.30. The summed E-state index contributed by atoms with van der Waals surface area (Å²) in [7, 11) is 0. The van der Waals surface area contributed by atoms with E-state index in [9.17, 15) is 14.9 Å². The molecule has 2 rings (SSSR count). The van der Waals surface area contributed by atoms with Crippen molar-refractivity contribution in [1.82, 2.24) is 0 Å². The molecule has 0 heterocycles. The molecule has 1 amide bonds. The summed E-state index contributed by atoms with van der Waals surface area (Å²) in [6, 6.07) is 3.66. The van der Waals surface area contributed by atoms with E-state index in [4.69, 9.17) is 0 Å². The molecule has 132 valence electrons. The molecule has 0 aromatic heterocycles. The molecule has 0 radical (unpaired) electrons. The molecular formula is C18H28N3O3+. The Morgan fingerprint density at radius 3 is 2.46 bits per heavy atom. The van der Waals surface area contributed by atoms with Crippen molar-refractivity contribution in [3.63, 3.8) is 0 Å². The van der Waals surface area contributed by atoms with Gasteiger partial charge in [0.25, 0.3) is 11.6 Å². The van der Waals surface area contributed by atoms with E-state index in [2.05, 4.69) is 10.6 Å². The highest BCUT2D eigenvalue weighted by atomic mass is 16.6. The maximum absolute atomic E-state index is 12.3. The number of rotatable bonds is 5. The van der Waals surface area contributed by atoms with E-state index in [1.165, 1.54) is 38.2 Å². The molecule has 0 unspecified atom stereocenters. The Labute approximate surface area is 143 Å². The predicted octanol–water partition coefficient (Wildman–Crippen LogP) is 2.83. The summed E-state index contributed by atoms with van der Waals surface area (Å²) in [4.78, 5) is 23.0. The molecule has 0 saturated heterocycles. The van der Waals surface area contributed by atoms with Crippen molar-refractivity contribution in [2.45, 2.75) is 64.8 Å². The number of nitrogens with one attached hydrogen (secondary N) is 1. The van der Waals surface area contributed by atoms with Crippen molar-refractivity contribution in [3.05, 3.63) is 33.4 Å². The lowest BCUT2D eigenvalue weighted by Crippen LogP contribution is -2.91. The number of nitrogens with two attached hydrogens (primary N) is 1. The number of carbonyl (C=O) groups is 1. The van der Waals surface area contributed by atoms with Crippen molar-refractivity contribution in [2.75, 3.05) is 11.9 Å². The van der Waals surface area contributed by atoms with Gasteiger partial charge in [-0.1, -0.05) is 25.3 Å². The number of anilines is 1. The van der Waals surface area contributed by atoms with E-state index < -0.39 is 4.92 Å². The van der Waals surface area contributed by atoms with Crippen molar-refractivity contribution in [2.24, 2.45) is 0 Å². The summed E-state index contributed by atoms with van der Waals surface area (Å²) in [5, 5.41) is 16.0. The number of benzene rings is 1. The molecule has 1 aliphatic rings. The zero-order chi connectivity index (χ0) is 17.5. The number of nitrogens with zero attached hydrogens (tertiary/aromatic N) is 1. The normalized spacial score (nSPS) is 16.2. The van der Waals surface area contributed by atoms with Gasteiger partial charge in [-0.3, -0.25) is 14.9 Å². The Morgan fingerprint density at radius 1 is 1.21 bits per heavy atom. The number of aryl methyl sites for hydroxylation is 1. The highest BCUT2D eigenvalue weighted by molar-refractivity contribution is 5.94. The smallest absolute Gasteiger partial charge is 0.293 e. The van der Waals surface area contributed by atoms with Crippen molar-refractivity contribution >= 4 is 17.3 Å². The molecule has 24 heavy (non-hydrogen) atoms. The van der Waals surface area contributed by atoms with Crippen LogP contribution in [0.2, 0.25) is 0 Å². The summed E-state index contributed by atoms with van der Waals surface area (Å²) in [6.45, 7) is 4.00. The first-order chi connectivity index (χ1) is 11.5. The van der Waals surface area contributed by atoms with Crippen LogP contribution in [-0.4, -0.2) is 23.4 Å². The monoisotopic (exact) mass is 334 g/mol. The molecule has 3 N–H and O–H groups in total. The molecular weight excluding hydrogens is 306 g/mol. The SMILES string of the molecule is Cc1ccc([N+](=O)[O-])c(NC(=O)C[NH2+]C2CCCCCCC2)c1C. The minimum absolute atomic E-state index is 0.0441. The van der Waals surface area contributed by atoms with Gasteiger partial charge in [0.05, 0.1) is 11.0 Å². The molecule has 6 nitrogen and oxygen atoms in total. The van der Waals surface area contributed by atoms with Crippen LogP contribution in [0.4, 0.5) is 11.4 Å². The molecule has 1 aliphatic carbocycles. The van der Waals surface area contributed by atoms with Crippen LogP contribution in [0.5, 0.6) is 0 Å². The largest absolute Gasteiger partial charge is 0.336 e. The van der Waals surface area contributed by atoms with Crippen molar-refractivity contribution in [3.8, 4) is 0 Å². The van der Waals surface area contributed by atoms with Gasteiger partial charge < -0.3 is 10.6 Å². The molecule has 0 bridgehead atoms. The summed E-state index contributed by atoms with van der Waals surface area (Å²) in [5.41, 5.74) is 1.97. The number of quaternary nitrogens is 1. The van der Waals surface area contributed by atoms with Crippen LogP contribution >= 0.6 is 0 Å². The van der Waals surface area contributed by atoms with E-state index in [-0.39, 0.29) is 11.6 Å². The first-order valence-corrected chi connectivity index (χ1v) is 8.87. The molecule has 0 spiro atoms. The van der Waals surface area contributed by atoms with Crippen LogP contribution in [-0.2, 0) is 4.79 Å². The summed E-state index contributed by atoms with van der Waals surface area (Å²) < 4.78 is 0. The average molecular weight is 334 g/mol. The third-order valence-corrected chi connectivity index (χ3v) is 4.96. The van der Waals surface area contributed by atoms with Gasteiger partial charge in [-0.15, -0.1) is 0 Å². The Morgan fingerprint density at radius 2 is 1.83 bits per heavy atom. The number of nitro benzene ring substituents is 1. The first-order valence-electron chi connectivity index (χ1n) is 8.87. The summed E-state index contributed by atoms with van der Waals surface area (Å²) >= 11 is 0. The van der Waals surface area contributed by atoms with E-state index in [1.807, 2.05) is 6.92 Å². The van der Waals surface area contributed by atoms with E-state index in [1.54, 1.807) is 13.0 Å². The second kappa shape index (κ2) is 8.78. The Hall–Kier alpha value is -1.95. The van der Waals surface area contributed by atoms with Crippen molar-refractivity contribution < 1.29 is 15.0 Å². The molecule has 0 atom stereocenters. The van der Waals surface area contributed by atoms with Gasteiger partial charge >= 0.3 is 0 Å². The Balaban J connectivity index is 1.97. The van der Waals surface area contributed by atoms with Crippen molar-refractivity contribution in [1.29, 1.82) is 0 Å². The number of nitro groups is 1. The van der Waals surface area contributed by atoms with Gasteiger partial charge in [0.15, 0.2) is 6.54 Å². The minimum atomic E-state index is -0.444. The second-order valence-electron chi connectivity index (χ2n) is 6.75. The number of hydrogen-bond acceptors (Lipinski definition) is 3. The lowest BCUT2D eigenvalue weighted by Gasteiger charge is -2.18. The molecule has 1 aromatic rings. The third kappa shape index (κ3) is 5.03. The topological polar surface area (TPSA) is 88.9 Å². The minimum Gasteiger partial charge on any atom is -0.336 e. The zero-order valence-corrected chi connectivity index (χ0v) is 14.6. The fraction of sp³-hybridized carbons (Fsp3) is 0.611. The Bertz CT molecular complexity index is 593. The van der Waals surface area contributed by atoms with Gasteiger partial charge in [0, 0.05) is 6.07 Å². The van der Waals surface area contributed by atoms with Gasteiger partial charge in [-0.05, 0) is 50.7 Å². The molecule has 1 fully saturated rings. The molecule has 6 heteroatoms. The maximum atomic E-state index is 12.3. The number of hydrogen-bond donors (Lipinski definition) is 2. The first kappa shape index (κ1) is 18.4. The van der Waals surface area contributed by atoms with Gasteiger partial charge in [-0.25, -0.2) is 0 Å². The van der Waals surface area contributed by atoms with E-state index in [0.717, 1.165) is 24.0 Å². The lowest BCUT2D eigenvalue weighted by molar-refractivity contribution is -0.680.